The molecule has 0 aliphatic heterocycles. The smallest absolute Gasteiger partial charge is 0.372 e. The quantitative estimate of drug-likeness (QED) is 0.458. The summed E-state index contributed by atoms with van der Waals surface area (Å²) < 4.78 is 40.0. The van der Waals surface area contributed by atoms with E-state index in [-0.39, 0.29) is 6.61 Å². The molecular weight excluding hydrogens is 305 g/mol. The van der Waals surface area contributed by atoms with Gasteiger partial charge in [0.25, 0.3) is 0 Å². The standard InChI is InChI=1S/C12H19F3N4OS/c1-9-6-18-10(21-9)7-19-11(16-2)17-4-3-5-20-8-12(13,14)15/h6H,3-5,7-8H2,1-2H3,(H2,16,17,19). The zero-order valence-corrected chi connectivity index (χ0v) is 12.8. The van der Waals surface area contributed by atoms with Gasteiger partial charge in [-0.1, -0.05) is 0 Å². The maximum Gasteiger partial charge on any atom is 0.411 e. The molecule has 0 aromatic carbocycles. The van der Waals surface area contributed by atoms with Gasteiger partial charge in [-0.05, 0) is 13.3 Å². The van der Waals surface area contributed by atoms with Crippen molar-refractivity contribution in [1.82, 2.24) is 15.6 Å². The van der Waals surface area contributed by atoms with Crippen LogP contribution in [0.4, 0.5) is 13.2 Å². The summed E-state index contributed by atoms with van der Waals surface area (Å²) >= 11 is 1.59. The third-order valence-electron chi connectivity index (χ3n) is 2.32. The van der Waals surface area contributed by atoms with Gasteiger partial charge in [0.05, 0.1) is 6.54 Å². The van der Waals surface area contributed by atoms with Crippen LogP contribution in [0, 0.1) is 6.92 Å². The molecule has 1 rings (SSSR count). The van der Waals surface area contributed by atoms with E-state index in [1.54, 1.807) is 24.6 Å². The van der Waals surface area contributed by atoms with Gasteiger partial charge in [0.15, 0.2) is 5.96 Å². The molecule has 0 aliphatic carbocycles. The molecule has 2 N–H and O–H groups in total. The van der Waals surface area contributed by atoms with Crippen LogP contribution in [0.1, 0.15) is 16.3 Å². The second-order valence-corrected chi connectivity index (χ2v) is 5.56. The fourth-order valence-corrected chi connectivity index (χ4v) is 2.16. The van der Waals surface area contributed by atoms with Crippen LogP contribution in [0.25, 0.3) is 0 Å². The van der Waals surface area contributed by atoms with Crippen molar-refractivity contribution < 1.29 is 17.9 Å². The second-order valence-electron chi connectivity index (χ2n) is 4.24. The van der Waals surface area contributed by atoms with Crippen LogP contribution < -0.4 is 10.6 Å². The van der Waals surface area contributed by atoms with Crippen LogP contribution in [0.15, 0.2) is 11.2 Å². The summed E-state index contributed by atoms with van der Waals surface area (Å²) in [5.74, 6) is 0.582. The lowest BCUT2D eigenvalue weighted by Crippen LogP contribution is -2.37. The van der Waals surface area contributed by atoms with E-state index in [4.69, 9.17) is 0 Å². The van der Waals surface area contributed by atoms with Gasteiger partial charge >= 0.3 is 6.18 Å². The minimum atomic E-state index is -4.27. The number of nitrogens with one attached hydrogen (secondary N) is 2. The minimum Gasteiger partial charge on any atom is -0.372 e. The summed E-state index contributed by atoms with van der Waals surface area (Å²) in [7, 11) is 1.63. The number of aromatic nitrogens is 1. The van der Waals surface area contributed by atoms with Crippen molar-refractivity contribution in [1.29, 1.82) is 0 Å². The number of nitrogens with zero attached hydrogens (tertiary/aromatic N) is 2. The van der Waals surface area contributed by atoms with E-state index >= 15 is 0 Å². The highest BCUT2D eigenvalue weighted by molar-refractivity contribution is 7.11. The van der Waals surface area contributed by atoms with E-state index in [0.717, 1.165) is 9.88 Å². The van der Waals surface area contributed by atoms with E-state index in [1.807, 2.05) is 6.92 Å². The average Bonchev–Trinajstić information content (AvgIpc) is 2.81. The number of halogens is 3. The van der Waals surface area contributed by atoms with Crippen LogP contribution in [-0.2, 0) is 11.3 Å². The molecule has 0 aliphatic rings. The number of alkyl halides is 3. The van der Waals surface area contributed by atoms with E-state index in [0.29, 0.717) is 25.5 Å². The number of thiazole rings is 1. The lowest BCUT2D eigenvalue weighted by molar-refractivity contribution is -0.173. The summed E-state index contributed by atoms with van der Waals surface area (Å²) in [6.45, 7) is 1.87. The SMILES string of the molecule is CN=C(NCCCOCC(F)(F)F)NCc1ncc(C)s1. The number of hydrogen-bond acceptors (Lipinski definition) is 4. The molecule has 0 amide bonds. The van der Waals surface area contributed by atoms with Gasteiger partial charge in [-0.3, -0.25) is 4.99 Å². The molecule has 0 bridgehead atoms. The average molecular weight is 324 g/mol. The van der Waals surface area contributed by atoms with E-state index in [2.05, 4.69) is 25.3 Å². The number of aliphatic imine (C=N–C) groups is 1. The predicted molar refractivity (Wildman–Crippen MR) is 76.5 cm³/mol. The first-order valence-electron chi connectivity index (χ1n) is 6.41. The summed E-state index contributed by atoms with van der Waals surface area (Å²) in [5, 5.41) is 7.03. The summed E-state index contributed by atoms with van der Waals surface area (Å²) in [5.41, 5.74) is 0. The normalized spacial score (nSPS) is 12.5. The first kappa shape index (κ1) is 17.7. The van der Waals surface area contributed by atoms with Gasteiger partial charge in [-0.15, -0.1) is 11.3 Å². The molecule has 21 heavy (non-hydrogen) atoms. The zero-order valence-electron chi connectivity index (χ0n) is 12.0. The third kappa shape index (κ3) is 8.51. The van der Waals surface area contributed by atoms with E-state index in [9.17, 15) is 13.2 Å². The highest BCUT2D eigenvalue weighted by atomic mass is 32.1. The van der Waals surface area contributed by atoms with Crippen LogP contribution in [0.2, 0.25) is 0 Å². The molecule has 0 atom stereocenters. The predicted octanol–water partition coefficient (Wildman–Crippen LogP) is 2.09. The molecule has 1 aromatic heterocycles. The first-order chi connectivity index (χ1) is 9.90. The highest BCUT2D eigenvalue weighted by Gasteiger charge is 2.27. The summed E-state index contributed by atoms with van der Waals surface area (Å²) in [6, 6.07) is 0. The molecule has 120 valence electrons. The molecule has 0 radical (unpaired) electrons. The Hall–Kier alpha value is -1.35. The fraction of sp³-hybridized carbons (Fsp3) is 0.667. The Labute approximate surface area is 125 Å². The molecule has 1 aromatic rings. The van der Waals surface area contributed by atoms with Crippen molar-refractivity contribution in [3.63, 3.8) is 0 Å². The molecule has 1 heterocycles. The molecule has 0 saturated carbocycles. The third-order valence-corrected chi connectivity index (χ3v) is 3.24. The lowest BCUT2D eigenvalue weighted by Gasteiger charge is -2.11. The van der Waals surface area contributed by atoms with Crippen LogP contribution in [0.5, 0.6) is 0 Å². The van der Waals surface area contributed by atoms with Gasteiger partial charge in [0.1, 0.15) is 11.6 Å². The number of rotatable bonds is 7. The number of aryl methyl sites for hydroxylation is 1. The summed E-state index contributed by atoms with van der Waals surface area (Å²) in [4.78, 5) is 9.37. The largest absolute Gasteiger partial charge is 0.411 e. The minimum absolute atomic E-state index is 0.0508. The Morgan fingerprint density at radius 2 is 2.19 bits per heavy atom. The van der Waals surface area contributed by atoms with Crippen LogP contribution >= 0.6 is 11.3 Å². The van der Waals surface area contributed by atoms with Crippen molar-refractivity contribution in [2.24, 2.45) is 4.99 Å². The van der Waals surface area contributed by atoms with Gasteiger partial charge in [0, 0.05) is 31.3 Å². The van der Waals surface area contributed by atoms with Crippen LogP contribution in [0.3, 0.4) is 0 Å². The first-order valence-corrected chi connectivity index (χ1v) is 7.22. The van der Waals surface area contributed by atoms with Gasteiger partial charge < -0.3 is 15.4 Å². The Morgan fingerprint density at radius 3 is 2.76 bits per heavy atom. The Balaban J connectivity index is 2.12. The fourth-order valence-electron chi connectivity index (χ4n) is 1.43. The molecule has 0 spiro atoms. The molecule has 0 unspecified atom stereocenters. The maximum atomic E-state index is 11.8. The summed E-state index contributed by atoms with van der Waals surface area (Å²) in [6.07, 6.45) is -2.00. The maximum absolute atomic E-state index is 11.8. The van der Waals surface area contributed by atoms with E-state index < -0.39 is 12.8 Å². The number of guanidine groups is 1. The zero-order chi connectivity index (χ0) is 15.7. The molecule has 9 heteroatoms. The number of hydrogen-bond donors (Lipinski definition) is 2. The van der Waals surface area contributed by atoms with Crippen molar-refractivity contribution in [3.8, 4) is 0 Å². The highest BCUT2D eigenvalue weighted by Crippen LogP contribution is 2.14. The Morgan fingerprint density at radius 1 is 1.43 bits per heavy atom. The van der Waals surface area contributed by atoms with E-state index in [1.165, 1.54) is 0 Å². The van der Waals surface area contributed by atoms with Crippen molar-refractivity contribution in [2.75, 3.05) is 26.8 Å². The molecule has 5 nitrogen and oxygen atoms in total. The Bertz CT molecular complexity index is 448. The van der Waals surface area contributed by atoms with Gasteiger partial charge in [-0.25, -0.2) is 4.98 Å². The molecule has 0 saturated heterocycles. The Kier molecular flexibility index (Phi) is 7.44. The monoisotopic (exact) mass is 324 g/mol. The molecular formula is C12H19F3N4OS. The topological polar surface area (TPSA) is 58.5 Å². The van der Waals surface area contributed by atoms with Crippen LogP contribution in [-0.4, -0.2) is 43.9 Å². The number of ether oxygens (including phenoxy) is 1. The van der Waals surface area contributed by atoms with Crippen molar-refractivity contribution >= 4 is 17.3 Å². The van der Waals surface area contributed by atoms with Gasteiger partial charge in [0.2, 0.25) is 0 Å². The van der Waals surface area contributed by atoms with Crippen molar-refractivity contribution in [2.45, 2.75) is 26.1 Å². The van der Waals surface area contributed by atoms with Gasteiger partial charge in [-0.2, -0.15) is 13.2 Å². The second kappa shape index (κ2) is 8.83. The molecule has 0 fully saturated rings. The van der Waals surface area contributed by atoms with Crippen molar-refractivity contribution in [3.05, 3.63) is 16.1 Å². The lowest BCUT2D eigenvalue weighted by atomic mass is 10.4.